The minimum atomic E-state index is -1.07. The Labute approximate surface area is 308 Å². The zero-order valence-corrected chi connectivity index (χ0v) is 29.4. The van der Waals surface area contributed by atoms with E-state index in [2.05, 4.69) is 15.6 Å². The number of amides is 5. The second-order valence-electron chi connectivity index (χ2n) is 13.2. The van der Waals surface area contributed by atoms with Crippen LogP contribution in [0.2, 0.25) is 0 Å². The van der Waals surface area contributed by atoms with Crippen LogP contribution in [0.25, 0.3) is 0 Å². The number of carbonyl (C=O) groups excluding carboxylic acids is 5. The number of rotatable bonds is 9. The fourth-order valence-electron chi connectivity index (χ4n) is 6.76. The Morgan fingerprint density at radius 3 is 1.91 bits per heavy atom. The number of ether oxygens (including phenoxy) is 3. The van der Waals surface area contributed by atoms with Crippen molar-refractivity contribution >= 4 is 36.1 Å². The number of likely N-dealkylation sites (tertiary alicyclic amines) is 2. The number of alkyl carbamates (subject to hydrolysis) is 1. The number of hydrogen-bond acceptors (Lipinski definition) is 9. The molecule has 0 aromatic heterocycles. The molecular formula is C39H44N6O8. The Balaban J connectivity index is 1.15. The van der Waals surface area contributed by atoms with Crippen LogP contribution in [-0.4, -0.2) is 96.1 Å². The molecule has 0 aliphatic carbocycles. The Morgan fingerprint density at radius 2 is 1.30 bits per heavy atom. The van der Waals surface area contributed by atoms with E-state index in [0.717, 1.165) is 21.6 Å². The minimum Gasteiger partial charge on any atom is -0.459 e. The number of imide groups is 1. The standard InChI is InChI=1S/C39H44N6O8/c46-34-32(33(35(47)51-25-28-11-4-1-5-12-28)45(34)39(50)43-21-18-40-19-22-43)23-31-17-10-20-44(24-31)36(41-37(48)52-26-29-13-6-2-7-14-29)42-38(49)53-27-30-15-8-3-9-16-30/h1-9,11-16,31-33,40H,10,17-27H2,(H,41,42,48,49)/t31?,32-,33?/m1/s1. The lowest BCUT2D eigenvalue weighted by atomic mass is 9.78. The van der Waals surface area contributed by atoms with E-state index >= 15 is 0 Å². The number of piperidine rings is 1. The quantitative estimate of drug-likeness (QED) is 0.107. The van der Waals surface area contributed by atoms with Gasteiger partial charge in [-0.2, -0.15) is 0 Å². The van der Waals surface area contributed by atoms with Crippen molar-refractivity contribution < 1.29 is 38.2 Å². The summed E-state index contributed by atoms with van der Waals surface area (Å²) in [6.45, 7) is 2.81. The predicted molar refractivity (Wildman–Crippen MR) is 193 cm³/mol. The van der Waals surface area contributed by atoms with Crippen molar-refractivity contribution in [3.8, 4) is 0 Å². The van der Waals surface area contributed by atoms with Gasteiger partial charge in [0.2, 0.25) is 11.9 Å². The van der Waals surface area contributed by atoms with Gasteiger partial charge in [0.1, 0.15) is 19.8 Å². The molecule has 3 heterocycles. The maximum atomic E-state index is 13.7. The van der Waals surface area contributed by atoms with Crippen molar-refractivity contribution in [2.75, 3.05) is 39.3 Å². The first kappa shape index (κ1) is 37.0. The molecule has 0 radical (unpaired) electrons. The molecule has 3 fully saturated rings. The highest BCUT2D eigenvalue weighted by molar-refractivity contribution is 6.08. The van der Waals surface area contributed by atoms with Crippen molar-refractivity contribution in [3.63, 3.8) is 0 Å². The van der Waals surface area contributed by atoms with Crippen molar-refractivity contribution in [3.05, 3.63) is 108 Å². The van der Waals surface area contributed by atoms with E-state index in [1.807, 2.05) is 91.0 Å². The highest BCUT2D eigenvalue weighted by Gasteiger charge is 2.56. The van der Waals surface area contributed by atoms with Crippen LogP contribution in [0.3, 0.4) is 0 Å². The molecule has 14 nitrogen and oxygen atoms in total. The van der Waals surface area contributed by atoms with Gasteiger partial charge in [-0.25, -0.2) is 24.1 Å². The van der Waals surface area contributed by atoms with Crippen molar-refractivity contribution in [1.82, 2.24) is 25.3 Å². The van der Waals surface area contributed by atoms with Crippen molar-refractivity contribution in [2.24, 2.45) is 16.8 Å². The summed E-state index contributed by atoms with van der Waals surface area (Å²) in [5.74, 6) is -2.03. The molecule has 2 N–H and O–H groups in total. The highest BCUT2D eigenvalue weighted by atomic mass is 16.6. The molecule has 278 valence electrons. The second kappa shape index (κ2) is 18.1. The van der Waals surface area contributed by atoms with Gasteiger partial charge in [-0.3, -0.25) is 10.1 Å². The summed E-state index contributed by atoms with van der Waals surface area (Å²) in [4.78, 5) is 75.2. The molecule has 3 aromatic carbocycles. The van der Waals surface area contributed by atoms with E-state index in [1.54, 1.807) is 9.80 Å². The largest absolute Gasteiger partial charge is 0.459 e. The summed E-state index contributed by atoms with van der Waals surface area (Å²) in [6.07, 6.45) is -0.0515. The van der Waals surface area contributed by atoms with Gasteiger partial charge in [-0.15, -0.1) is 4.99 Å². The monoisotopic (exact) mass is 724 g/mol. The average Bonchev–Trinajstić information content (AvgIpc) is 3.20. The van der Waals surface area contributed by atoms with E-state index in [4.69, 9.17) is 14.2 Å². The third kappa shape index (κ3) is 9.98. The first-order valence-electron chi connectivity index (χ1n) is 17.9. The van der Waals surface area contributed by atoms with Gasteiger partial charge in [0.15, 0.2) is 6.04 Å². The molecule has 3 atom stereocenters. The number of guanidine groups is 1. The molecular weight excluding hydrogens is 680 g/mol. The van der Waals surface area contributed by atoms with Gasteiger partial charge >= 0.3 is 24.2 Å². The van der Waals surface area contributed by atoms with E-state index in [9.17, 15) is 24.0 Å². The predicted octanol–water partition coefficient (Wildman–Crippen LogP) is 4.30. The number of hydrogen-bond donors (Lipinski definition) is 2. The SMILES string of the molecule is O=C(/N=C(\NC(=O)OCc1ccccc1)N1CCCC(C[C@H]2C(=O)N(C(=O)N3CCNCC3)C2C(=O)OCc2ccccc2)C1)OCc1ccccc1. The van der Waals surface area contributed by atoms with Gasteiger partial charge < -0.3 is 29.3 Å². The summed E-state index contributed by atoms with van der Waals surface area (Å²) in [7, 11) is 0. The summed E-state index contributed by atoms with van der Waals surface area (Å²) in [5, 5.41) is 5.81. The van der Waals surface area contributed by atoms with Gasteiger partial charge in [0, 0.05) is 39.3 Å². The lowest BCUT2D eigenvalue weighted by Crippen LogP contribution is -2.70. The Bertz CT molecular complexity index is 1750. The lowest BCUT2D eigenvalue weighted by molar-refractivity contribution is -0.172. The maximum Gasteiger partial charge on any atom is 0.437 e. The van der Waals surface area contributed by atoms with Crippen molar-refractivity contribution in [2.45, 2.75) is 45.1 Å². The van der Waals surface area contributed by atoms with E-state index in [1.165, 1.54) is 0 Å². The number of β-lactam (4-membered cyclic amide) rings is 1. The van der Waals surface area contributed by atoms with Crippen LogP contribution in [0.5, 0.6) is 0 Å². The Morgan fingerprint density at radius 1 is 0.736 bits per heavy atom. The minimum absolute atomic E-state index is 0.00769. The zero-order chi connectivity index (χ0) is 37.0. The molecule has 3 aliphatic rings. The number of aliphatic imine (C=N–C) groups is 1. The van der Waals surface area contributed by atoms with Gasteiger partial charge in [0.05, 0.1) is 5.92 Å². The molecule has 3 aromatic rings. The zero-order valence-electron chi connectivity index (χ0n) is 29.4. The summed E-state index contributed by atoms with van der Waals surface area (Å²) < 4.78 is 16.5. The van der Waals surface area contributed by atoms with Gasteiger partial charge in [-0.1, -0.05) is 91.0 Å². The van der Waals surface area contributed by atoms with Crippen LogP contribution in [0.1, 0.15) is 36.0 Å². The third-order valence-corrected chi connectivity index (χ3v) is 9.51. The smallest absolute Gasteiger partial charge is 0.437 e. The fourth-order valence-corrected chi connectivity index (χ4v) is 6.76. The topological polar surface area (TPSA) is 159 Å². The number of nitrogens with one attached hydrogen (secondary N) is 2. The molecule has 14 heteroatoms. The van der Waals surface area contributed by atoms with Crippen LogP contribution in [0.15, 0.2) is 96.0 Å². The second-order valence-corrected chi connectivity index (χ2v) is 13.2. The third-order valence-electron chi connectivity index (χ3n) is 9.51. The van der Waals surface area contributed by atoms with E-state index in [0.29, 0.717) is 52.1 Å². The van der Waals surface area contributed by atoms with Crippen molar-refractivity contribution in [1.29, 1.82) is 0 Å². The average molecular weight is 725 g/mol. The molecule has 6 rings (SSSR count). The molecule has 5 amide bonds. The molecule has 2 unspecified atom stereocenters. The van der Waals surface area contributed by atoms with Crippen LogP contribution in [0.4, 0.5) is 14.4 Å². The van der Waals surface area contributed by atoms with Crippen LogP contribution >= 0.6 is 0 Å². The Kier molecular flexibility index (Phi) is 12.7. The van der Waals surface area contributed by atoms with Gasteiger partial charge in [-0.05, 0) is 41.9 Å². The molecule has 3 aliphatic heterocycles. The fraction of sp³-hybridized carbons (Fsp3) is 0.385. The number of piperazine rings is 1. The van der Waals surface area contributed by atoms with Crippen LogP contribution in [0, 0.1) is 11.8 Å². The number of nitrogens with zero attached hydrogens (tertiary/aromatic N) is 4. The molecule has 0 bridgehead atoms. The van der Waals surface area contributed by atoms with E-state index < -0.39 is 42.1 Å². The number of benzene rings is 3. The highest BCUT2D eigenvalue weighted by Crippen LogP contribution is 2.37. The number of esters is 1. The summed E-state index contributed by atoms with van der Waals surface area (Å²) in [6, 6.07) is 26.0. The first-order valence-corrected chi connectivity index (χ1v) is 17.9. The molecule has 0 saturated carbocycles. The summed E-state index contributed by atoms with van der Waals surface area (Å²) in [5.41, 5.74) is 2.35. The van der Waals surface area contributed by atoms with Crippen LogP contribution in [-0.2, 0) is 43.6 Å². The van der Waals surface area contributed by atoms with Crippen LogP contribution < -0.4 is 10.6 Å². The maximum absolute atomic E-state index is 13.7. The number of urea groups is 1. The van der Waals surface area contributed by atoms with E-state index in [-0.39, 0.29) is 38.1 Å². The Hall–Kier alpha value is -5.76. The first-order chi connectivity index (χ1) is 25.9. The van der Waals surface area contributed by atoms with Gasteiger partial charge in [0.25, 0.3) is 0 Å². The number of carbonyl (C=O) groups is 5. The molecule has 0 spiro atoms. The lowest BCUT2D eigenvalue weighted by Gasteiger charge is -2.47. The molecule has 3 saturated heterocycles. The normalized spacial score (nSPS) is 20.2. The molecule has 53 heavy (non-hydrogen) atoms. The summed E-state index contributed by atoms with van der Waals surface area (Å²) >= 11 is 0.